The summed E-state index contributed by atoms with van der Waals surface area (Å²) in [6, 6.07) is 4.07. The fraction of sp³-hybridized carbons (Fsp3) is 0.267. The van der Waals surface area contributed by atoms with Crippen molar-refractivity contribution in [1.29, 1.82) is 0 Å². The number of carbonyl (C=O) groups excluding carboxylic acids is 1. The van der Waals surface area contributed by atoms with Crippen molar-refractivity contribution in [2.24, 2.45) is 0 Å². The van der Waals surface area contributed by atoms with Gasteiger partial charge in [-0.3, -0.25) is 4.79 Å². The quantitative estimate of drug-likeness (QED) is 0.712. The van der Waals surface area contributed by atoms with Gasteiger partial charge in [-0.1, -0.05) is 0 Å². The number of aromatic carboxylic acids is 1. The molecule has 0 saturated carbocycles. The van der Waals surface area contributed by atoms with E-state index < -0.39 is 21.9 Å². The third kappa shape index (κ3) is 4.18. The summed E-state index contributed by atoms with van der Waals surface area (Å²) in [5, 5.41) is 13.2. The number of amides is 1. The van der Waals surface area contributed by atoms with Crippen molar-refractivity contribution in [3.05, 3.63) is 39.8 Å². The number of methoxy groups -OCH3 is 1. The lowest BCUT2D eigenvalue weighted by Gasteiger charge is -2.15. The molecule has 9 nitrogen and oxygen atoms in total. The lowest BCUT2D eigenvalue weighted by Crippen LogP contribution is -2.25. The first kappa shape index (κ1) is 19.8. The number of hydrogen-bond donors (Lipinski definition) is 2. The number of benzene rings is 1. The van der Waals surface area contributed by atoms with Gasteiger partial charge in [0.15, 0.2) is 5.69 Å². The molecule has 0 aliphatic carbocycles. The minimum atomic E-state index is -3.80. The lowest BCUT2D eigenvalue weighted by molar-refractivity contribution is 0.0691. The van der Waals surface area contributed by atoms with E-state index in [1.54, 1.807) is 0 Å². The fourth-order valence-electron chi connectivity index (χ4n) is 1.96. The molecular weight excluding hydrogens is 382 g/mol. The smallest absolute Gasteiger partial charge is 0.355 e. The van der Waals surface area contributed by atoms with Gasteiger partial charge in [0.1, 0.15) is 15.7 Å². The minimum absolute atomic E-state index is 0.0264. The number of rotatable bonds is 7. The van der Waals surface area contributed by atoms with Crippen molar-refractivity contribution in [2.45, 2.75) is 11.4 Å². The van der Waals surface area contributed by atoms with Crippen LogP contribution in [-0.2, 0) is 16.6 Å². The Labute approximate surface area is 154 Å². The summed E-state index contributed by atoms with van der Waals surface area (Å²) in [4.78, 5) is 26.9. The molecule has 0 aliphatic rings. The highest BCUT2D eigenvalue weighted by molar-refractivity contribution is 7.89. The van der Waals surface area contributed by atoms with Crippen LogP contribution in [0.5, 0.6) is 5.75 Å². The summed E-state index contributed by atoms with van der Waals surface area (Å²) in [5.74, 6) is -1.54. The molecule has 0 radical (unpaired) electrons. The maximum absolute atomic E-state index is 12.4. The Hall–Kier alpha value is -2.50. The molecule has 0 aliphatic heterocycles. The van der Waals surface area contributed by atoms with Gasteiger partial charge in [-0.15, -0.1) is 11.3 Å². The molecule has 1 aromatic heterocycles. The van der Waals surface area contributed by atoms with Gasteiger partial charge < -0.3 is 15.2 Å². The molecule has 0 fully saturated rings. The van der Waals surface area contributed by atoms with Crippen LogP contribution in [0.3, 0.4) is 0 Å². The summed E-state index contributed by atoms with van der Waals surface area (Å²) in [7, 11) is 0.301. The SMILES string of the molecule is COc1ccc(C(=O)NCc2nc(C(=O)O)cs2)cc1S(=O)(=O)N(C)C. The van der Waals surface area contributed by atoms with Gasteiger partial charge in [-0.2, -0.15) is 0 Å². The Balaban J connectivity index is 2.22. The minimum Gasteiger partial charge on any atom is -0.495 e. The zero-order valence-electron chi connectivity index (χ0n) is 14.2. The van der Waals surface area contributed by atoms with Crippen LogP contribution in [0.4, 0.5) is 0 Å². The van der Waals surface area contributed by atoms with Crippen molar-refractivity contribution in [3.63, 3.8) is 0 Å². The number of carbonyl (C=O) groups is 2. The zero-order chi connectivity index (χ0) is 19.5. The monoisotopic (exact) mass is 399 g/mol. The number of aromatic nitrogens is 1. The van der Waals surface area contributed by atoms with E-state index >= 15 is 0 Å². The van der Waals surface area contributed by atoms with E-state index in [-0.39, 0.29) is 28.4 Å². The second-order valence-electron chi connectivity index (χ2n) is 5.27. The van der Waals surface area contributed by atoms with Crippen LogP contribution in [0.15, 0.2) is 28.5 Å². The van der Waals surface area contributed by atoms with Gasteiger partial charge in [0.25, 0.3) is 5.91 Å². The van der Waals surface area contributed by atoms with E-state index in [2.05, 4.69) is 10.3 Å². The third-order valence-electron chi connectivity index (χ3n) is 3.36. The zero-order valence-corrected chi connectivity index (χ0v) is 15.8. The standard InChI is InChI=1S/C15H17N3O6S2/c1-18(2)26(22,23)12-6-9(4-5-11(12)24-3)14(19)16-7-13-17-10(8-25-13)15(20)21/h4-6,8H,7H2,1-3H3,(H,16,19)(H,20,21). The Bertz CT molecular complexity index is 937. The van der Waals surface area contributed by atoms with Crippen molar-refractivity contribution in [3.8, 4) is 5.75 Å². The topological polar surface area (TPSA) is 126 Å². The molecule has 1 amide bonds. The molecule has 26 heavy (non-hydrogen) atoms. The molecule has 0 unspecified atom stereocenters. The van der Waals surface area contributed by atoms with Crippen LogP contribution in [0.2, 0.25) is 0 Å². The van der Waals surface area contributed by atoms with Gasteiger partial charge in [0.2, 0.25) is 10.0 Å². The maximum atomic E-state index is 12.4. The molecular formula is C15H17N3O6S2. The Kier molecular flexibility index (Phi) is 5.95. The summed E-state index contributed by atoms with van der Waals surface area (Å²) in [5.41, 5.74) is 0.0318. The number of sulfonamides is 1. The van der Waals surface area contributed by atoms with E-state index in [9.17, 15) is 18.0 Å². The average molecular weight is 399 g/mol. The van der Waals surface area contributed by atoms with Crippen LogP contribution in [0.1, 0.15) is 25.9 Å². The van der Waals surface area contributed by atoms with Crippen LogP contribution in [0, 0.1) is 0 Å². The number of thiazole rings is 1. The van der Waals surface area contributed by atoms with Gasteiger partial charge in [-0.05, 0) is 18.2 Å². The first-order valence-electron chi connectivity index (χ1n) is 7.23. The predicted molar refractivity (Wildman–Crippen MR) is 94.1 cm³/mol. The fourth-order valence-corrected chi connectivity index (χ4v) is 3.75. The van der Waals surface area contributed by atoms with Gasteiger partial charge in [-0.25, -0.2) is 22.5 Å². The summed E-state index contributed by atoms with van der Waals surface area (Å²) in [6.07, 6.45) is 0. The molecule has 2 rings (SSSR count). The highest BCUT2D eigenvalue weighted by atomic mass is 32.2. The number of nitrogens with one attached hydrogen (secondary N) is 1. The average Bonchev–Trinajstić information content (AvgIpc) is 3.08. The van der Waals surface area contributed by atoms with E-state index in [1.807, 2.05) is 0 Å². The lowest BCUT2D eigenvalue weighted by atomic mass is 10.2. The Morgan fingerprint density at radius 1 is 1.35 bits per heavy atom. The number of ether oxygens (including phenoxy) is 1. The summed E-state index contributed by atoms with van der Waals surface area (Å²) >= 11 is 1.10. The molecule has 1 heterocycles. The molecule has 0 spiro atoms. The van der Waals surface area contributed by atoms with Crippen LogP contribution in [0.25, 0.3) is 0 Å². The van der Waals surface area contributed by atoms with Crippen LogP contribution < -0.4 is 10.1 Å². The maximum Gasteiger partial charge on any atom is 0.355 e. The van der Waals surface area contributed by atoms with Crippen molar-refractivity contribution in [2.75, 3.05) is 21.2 Å². The molecule has 2 N–H and O–H groups in total. The first-order valence-corrected chi connectivity index (χ1v) is 9.55. The van der Waals surface area contributed by atoms with Gasteiger partial charge in [0.05, 0.1) is 13.7 Å². The number of carboxylic acids is 1. The number of carboxylic acid groups (broad SMARTS) is 1. The number of nitrogens with zero attached hydrogens (tertiary/aromatic N) is 2. The first-order chi connectivity index (χ1) is 12.2. The summed E-state index contributed by atoms with van der Waals surface area (Å²) in [6.45, 7) is 0.0264. The Morgan fingerprint density at radius 2 is 2.04 bits per heavy atom. The highest BCUT2D eigenvalue weighted by Gasteiger charge is 2.24. The normalized spacial score (nSPS) is 11.4. The van der Waals surface area contributed by atoms with Crippen LogP contribution >= 0.6 is 11.3 Å². The van der Waals surface area contributed by atoms with Gasteiger partial charge in [0, 0.05) is 25.0 Å². The van der Waals surface area contributed by atoms with Crippen molar-refractivity contribution < 1.29 is 27.9 Å². The molecule has 0 bridgehead atoms. The summed E-state index contributed by atoms with van der Waals surface area (Å²) < 4.78 is 30.9. The van der Waals surface area contributed by atoms with Crippen molar-refractivity contribution in [1.82, 2.24) is 14.6 Å². The highest BCUT2D eigenvalue weighted by Crippen LogP contribution is 2.27. The van der Waals surface area contributed by atoms with E-state index in [4.69, 9.17) is 9.84 Å². The molecule has 0 saturated heterocycles. The van der Waals surface area contributed by atoms with Gasteiger partial charge >= 0.3 is 5.97 Å². The number of hydrogen-bond acceptors (Lipinski definition) is 7. The van der Waals surface area contributed by atoms with Crippen LogP contribution in [-0.4, -0.2) is 55.9 Å². The largest absolute Gasteiger partial charge is 0.495 e. The second kappa shape index (κ2) is 7.81. The van der Waals surface area contributed by atoms with Crippen molar-refractivity contribution >= 4 is 33.2 Å². The van der Waals surface area contributed by atoms with E-state index in [0.717, 1.165) is 15.6 Å². The Morgan fingerprint density at radius 3 is 2.58 bits per heavy atom. The molecule has 140 valence electrons. The van der Waals surface area contributed by atoms with E-state index in [0.29, 0.717) is 5.01 Å². The second-order valence-corrected chi connectivity index (χ2v) is 8.33. The van der Waals surface area contributed by atoms with E-state index in [1.165, 1.54) is 44.8 Å². The molecule has 1 aromatic carbocycles. The molecule has 11 heteroatoms. The predicted octanol–water partition coefficient (Wildman–Crippen LogP) is 1.03. The molecule has 0 atom stereocenters. The third-order valence-corrected chi connectivity index (χ3v) is 6.04. The molecule has 2 aromatic rings.